The molecule has 0 saturated carbocycles. The fraction of sp³-hybridized carbons (Fsp3) is 0.636. The van der Waals surface area contributed by atoms with Crippen LogP contribution < -0.4 is 10.6 Å². The molecule has 3 heterocycles. The summed E-state index contributed by atoms with van der Waals surface area (Å²) in [6, 6.07) is 8.91. The molecule has 1 aromatic carbocycles. The fourth-order valence-corrected chi connectivity index (χ4v) is 8.69. The highest BCUT2D eigenvalue weighted by Gasteiger charge is 2.48. The predicted molar refractivity (Wildman–Crippen MR) is 156 cm³/mol. The molecule has 6 heteroatoms. The Morgan fingerprint density at radius 3 is 2.92 bits per heavy atom. The number of hydrogen-bond donors (Lipinski definition) is 1. The summed E-state index contributed by atoms with van der Waals surface area (Å²) in [6.07, 6.45) is 10.3. The number of halogens is 1. The first kappa shape index (κ1) is 26.6. The van der Waals surface area contributed by atoms with E-state index in [1.807, 2.05) is 6.07 Å². The van der Waals surface area contributed by atoms with E-state index >= 15 is 0 Å². The van der Waals surface area contributed by atoms with E-state index < -0.39 is 6.17 Å². The van der Waals surface area contributed by atoms with E-state index in [1.54, 1.807) is 0 Å². The maximum Gasteiger partial charge on any atom is 0.115 e. The zero-order valence-corrected chi connectivity index (χ0v) is 24.0. The van der Waals surface area contributed by atoms with Crippen LogP contribution in [0.25, 0.3) is 0 Å². The van der Waals surface area contributed by atoms with Crippen LogP contribution in [0.2, 0.25) is 0 Å². The van der Waals surface area contributed by atoms with Crippen molar-refractivity contribution in [2.75, 3.05) is 37.3 Å². The van der Waals surface area contributed by atoms with Crippen molar-refractivity contribution in [1.29, 1.82) is 5.26 Å². The molecule has 2 fully saturated rings. The Balaban J connectivity index is 1.38. The summed E-state index contributed by atoms with van der Waals surface area (Å²) in [7, 11) is 2.21. The summed E-state index contributed by atoms with van der Waals surface area (Å²) < 4.78 is 14.4. The maximum absolute atomic E-state index is 14.4. The summed E-state index contributed by atoms with van der Waals surface area (Å²) in [5.41, 5.74) is 15.2. The van der Waals surface area contributed by atoms with Crippen LogP contribution in [0.1, 0.15) is 105 Å². The molecule has 2 N–H and O–H groups in total. The van der Waals surface area contributed by atoms with E-state index in [4.69, 9.17) is 10.7 Å². The molecule has 39 heavy (non-hydrogen) atoms. The number of nitrogen functional groups attached to an aromatic ring is 1. The number of fused-ring (bicyclic) bond motifs is 4. The molecule has 208 valence electrons. The topological polar surface area (TPSA) is 69.2 Å². The van der Waals surface area contributed by atoms with Crippen LogP contribution in [-0.4, -0.2) is 48.3 Å². The Labute approximate surface area is 233 Å². The molecule has 2 aliphatic heterocycles. The predicted octanol–water partition coefficient (Wildman–Crippen LogP) is 6.21. The van der Waals surface area contributed by atoms with Gasteiger partial charge in [-0.15, -0.1) is 0 Å². The normalized spacial score (nSPS) is 29.6. The maximum atomic E-state index is 14.4. The number of nitriles is 1. The molecule has 2 saturated heterocycles. The molecule has 4 aliphatic rings. The third kappa shape index (κ3) is 4.42. The van der Waals surface area contributed by atoms with Gasteiger partial charge in [0.2, 0.25) is 0 Å². The van der Waals surface area contributed by atoms with Crippen LogP contribution in [0.15, 0.2) is 18.2 Å². The summed E-state index contributed by atoms with van der Waals surface area (Å²) in [5.74, 6) is 0.435. The minimum Gasteiger partial charge on any atom is -0.398 e. The lowest BCUT2D eigenvalue weighted by molar-refractivity contribution is 0.182. The van der Waals surface area contributed by atoms with Gasteiger partial charge in [0.05, 0.1) is 5.56 Å². The Kier molecular flexibility index (Phi) is 6.86. The van der Waals surface area contributed by atoms with E-state index in [-0.39, 0.29) is 11.0 Å². The Morgan fingerprint density at radius 2 is 2.13 bits per heavy atom. The Bertz CT molecular complexity index is 1300. The minimum atomic E-state index is -0.691. The second kappa shape index (κ2) is 10.1. The van der Waals surface area contributed by atoms with Gasteiger partial charge in [-0.3, -0.25) is 9.88 Å². The van der Waals surface area contributed by atoms with Gasteiger partial charge in [-0.2, -0.15) is 5.26 Å². The summed E-state index contributed by atoms with van der Waals surface area (Å²) in [4.78, 5) is 10.2. The lowest BCUT2D eigenvalue weighted by Crippen LogP contribution is -2.40. The van der Waals surface area contributed by atoms with Gasteiger partial charge in [-0.1, -0.05) is 19.9 Å². The molecule has 0 radical (unpaired) electrons. The first-order chi connectivity index (χ1) is 18.8. The molecule has 1 aromatic heterocycles. The SMILES string of the molecule is CCCN(C)c1cc(CCC23CCCN2CC(F)C3)nc2c1CCC1(CCC(C)c3ccc(N)c(C#N)c31)C2. The molecule has 6 rings (SSSR count). The summed E-state index contributed by atoms with van der Waals surface area (Å²) >= 11 is 0. The number of nitrogens with two attached hydrogens (primary N) is 1. The molecule has 4 atom stereocenters. The van der Waals surface area contributed by atoms with Gasteiger partial charge in [0.15, 0.2) is 0 Å². The molecule has 4 unspecified atom stereocenters. The number of aromatic nitrogens is 1. The van der Waals surface area contributed by atoms with Gasteiger partial charge in [0.25, 0.3) is 0 Å². The smallest absolute Gasteiger partial charge is 0.115 e. The third-order valence-electron chi connectivity index (χ3n) is 10.7. The molecule has 2 aromatic rings. The second-order valence-electron chi connectivity index (χ2n) is 13.1. The van der Waals surface area contributed by atoms with Crippen molar-refractivity contribution in [3.63, 3.8) is 0 Å². The average Bonchev–Trinajstić information content (AvgIpc) is 3.45. The quantitative estimate of drug-likeness (QED) is 0.450. The van der Waals surface area contributed by atoms with Gasteiger partial charge >= 0.3 is 0 Å². The van der Waals surface area contributed by atoms with Crippen molar-refractivity contribution in [3.8, 4) is 6.07 Å². The lowest BCUT2D eigenvalue weighted by atomic mass is 9.59. The van der Waals surface area contributed by atoms with E-state index in [0.717, 1.165) is 76.6 Å². The number of aryl methyl sites for hydroxylation is 1. The van der Waals surface area contributed by atoms with E-state index in [0.29, 0.717) is 30.1 Å². The van der Waals surface area contributed by atoms with Gasteiger partial charge in [0, 0.05) is 53.9 Å². The van der Waals surface area contributed by atoms with Crippen molar-refractivity contribution in [2.24, 2.45) is 0 Å². The molecular weight excluding hydrogens is 485 g/mol. The molecule has 0 amide bonds. The zero-order chi connectivity index (χ0) is 27.4. The largest absolute Gasteiger partial charge is 0.398 e. The molecule has 5 nitrogen and oxygen atoms in total. The number of anilines is 2. The fourth-order valence-electron chi connectivity index (χ4n) is 8.69. The number of pyridine rings is 1. The molecule has 1 spiro atoms. The first-order valence-corrected chi connectivity index (χ1v) is 15.2. The van der Waals surface area contributed by atoms with E-state index in [2.05, 4.69) is 48.9 Å². The van der Waals surface area contributed by atoms with Gasteiger partial charge in [-0.25, -0.2) is 4.39 Å². The Morgan fingerprint density at radius 1 is 1.28 bits per heavy atom. The molecular formula is C33H44FN5. The summed E-state index contributed by atoms with van der Waals surface area (Å²) in [6.45, 7) is 7.16. The minimum absolute atomic E-state index is 0.0192. The van der Waals surface area contributed by atoms with Crippen LogP contribution in [0, 0.1) is 11.3 Å². The van der Waals surface area contributed by atoms with Crippen LogP contribution in [-0.2, 0) is 24.7 Å². The van der Waals surface area contributed by atoms with Crippen molar-refractivity contribution < 1.29 is 4.39 Å². The van der Waals surface area contributed by atoms with Gasteiger partial charge in [-0.05, 0) is 112 Å². The highest BCUT2D eigenvalue weighted by atomic mass is 19.1. The van der Waals surface area contributed by atoms with Crippen molar-refractivity contribution in [2.45, 2.75) is 108 Å². The highest BCUT2D eigenvalue weighted by Crippen LogP contribution is 2.52. The van der Waals surface area contributed by atoms with Gasteiger partial charge in [0.1, 0.15) is 12.2 Å². The first-order valence-electron chi connectivity index (χ1n) is 15.2. The van der Waals surface area contributed by atoms with Crippen molar-refractivity contribution >= 4 is 11.4 Å². The van der Waals surface area contributed by atoms with Crippen LogP contribution in [0.3, 0.4) is 0 Å². The number of hydrogen-bond acceptors (Lipinski definition) is 5. The summed E-state index contributed by atoms with van der Waals surface area (Å²) in [5, 5.41) is 10.2. The van der Waals surface area contributed by atoms with Crippen LogP contribution in [0.5, 0.6) is 0 Å². The van der Waals surface area contributed by atoms with Gasteiger partial charge < -0.3 is 10.6 Å². The highest BCUT2D eigenvalue weighted by molar-refractivity contribution is 5.65. The molecule has 2 aliphatic carbocycles. The second-order valence-corrected chi connectivity index (χ2v) is 13.1. The molecule has 0 bridgehead atoms. The number of nitrogens with zero attached hydrogens (tertiary/aromatic N) is 4. The average molecular weight is 530 g/mol. The van der Waals surface area contributed by atoms with Crippen molar-refractivity contribution in [3.05, 3.63) is 51.8 Å². The van der Waals surface area contributed by atoms with E-state index in [9.17, 15) is 9.65 Å². The van der Waals surface area contributed by atoms with E-state index in [1.165, 1.54) is 34.5 Å². The number of rotatable bonds is 6. The standard InChI is InChI=1S/C33H44FN5/c1-4-15-38(3)30-17-24(9-14-33-11-5-16-39(33)21-23(34)18-33)37-29-19-32(13-10-26(29)30)12-8-22(2)25-6-7-28(36)27(20-35)31(25)32/h6-7,17,22-23H,4-5,8-16,18-19,21,36H2,1-3H3. The lowest BCUT2D eigenvalue weighted by Gasteiger charge is -2.45. The monoisotopic (exact) mass is 529 g/mol. The van der Waals surface area contributed by atoms with Crippen LogP contribution >= 0.6 is 0 Å². The van der Waals surface area contributed by atoms with Crippen LogP contribution in [0.4, 0.5) is 15.8 Å². The number of alkyl halides is 1. The van der Waals surface area contributed by atoms with Crippen molar-refractivity contribution in [1.82, 2.24) is 9.88 Å². The Hall–Kier alpha value is -2.65. The zero-order valence-electron chi connectivity index (χ0n) is 24.0. The third-order valence-corrected chi connectivity index (χ3v) is 10.7. The number of benzene rings is 1.